The van der Waals surface area contributed by atoms with Crippen LogP contribution in [0.15, 0.2) is 16.6 Å². The maximum absolute atomic E-state index is 6.32. The van der Waals surface area contributed by atoms with Crippen molar-refractivity contribution in [2.45, 2.75) is 58.9 Å². The van der Waals surface area contributed by atoms with E-state index in [0.29, 0.717) is 21.5 Å². The first-order valence-electron chi connectivity index (χ1n) is 7.75. The van der Waals surface area contributed by atoms with E-state index in [0.717, 1.165) is 16.1 Å². The van der Waals surface area contributed by atoms with Gasteiger partial charge in [0.05, 0.1) is 15.7 Å². The number of halogens is 3. The quantitative estimate of drug-likeness (QED) is 0.535. The fraction of sp³-hybridized carbons (Fsp3) is 0.647. The first-order chi connectivity index (χ1) is 9.85. The first kappa shape index (κ1) is 17.4. The van der Waals surface area contributed by atoms with Crippen molar-refractivity contribution in [1.29, 1.82) is 0 Å². The van der Waals surface area contributed by atoms with Crippen molar-refractivity contribution in [3.05, 3.63) is 26.7 Å². The highest BCUT2D eigenvalue weighted by atomic mass is 79.9. The van der Waals surface area contributed by atoms with Crippen molar-refractivity contribution >= 4 is 44.8 Å². The second kappa shape index (κ2) is 7.10. The zero-order chi connectivity index (χ0) is 15.6. The average molecular weight is 393 g/mol. The Labute approximate surface area is 146 Å². The molecular weight excluding hydrogens is 369 g/mol. The zero-order valence-electron chi connectivity index (χ0n) is 13.0. The van der Waals surface area contributed by atoms with Gasteiger partial charge in [-0.3, -0.25) is 0 Å². The second-order valence-corrected chi connectivity index (χ2v) is 8.37. The molecule has 1 aromatic rings. The largest absolute Gasteiger partial charge is 0.381 e. The maximum atomic E-state index is 6.32. The number of nitrogens with one attached hydrogen (secondary N) is 1. The molecule has 0 spiro atoms. The molecule has 0 amide bonds. The van der Waals surface area contributed by atoms with Gasteiger partial charge in [-0.15, -0.1) is 0 Å². The highest BCUT2D eigenvalue weighted by Gasteiger charge is 2.31. The van der Waals surface area contributed by atoms with Gasteiger partial charge in [0.2, 0.25) is 0 Å². The average Bonchev–Trinajstić information content (AvgIpc) is 2.48. The lowest BCUT2D eigenvalue weighted by atomic mass is 9.69. The van der Waals surface area contributed by atoms with Crippen LogP contribution in [0.5, 0.6) is 0 Å². The van der Waals surface area contributed by atoms with Gasteiger partial charge in [0.15, 0.2) is 0 Å². The Kier molecular flexibility index (Phi) is 5.90. The van der Waals surface area contributed by atoms with Crippen LogP contribution < -0.4 is 5.32 Å². The molecule has 0 radical (unpaired) electrons. The summed E-state index contributed by atoms with van der Waals surface area (Å²) < 4.78 is 0.841. The van der Waals surface area contributed by atoms with Gasteiger partial charge in [-0.2, -0.15) is 0 Å². The van der Waals surface area contributed by atoms with E-state index in [1.54, 1.807) is 0 Å². The van der Waals surface area contributed by atoms with E-state index in [-0.39, 0.29) is 0 Å². The molecule has 0 heterocycles. The monoisotopic (exact) mass is 391 g/mol. The number of hydrogen-bond acceptors (Lipinski definition) is 1. The van der Waals surface area contributed by atoms with Crippen molar-refractivity contribution < 1.29 is 0 Å². The molecule has 1 nitrogen and oxygen atoms in total. The summed E-state index contributed by atoms with van der Waals surface area (Å²) in [5, 5.41) is 4.77. The minimum atomic E-state index is 0.462. The Bertz CT molecular complexity index is 494. The normalized spacial score (nSPS) is 23.1. The molecule has 1 aliphatic rings. The fourth-order valence-electron chi connectivity index (χ4n) is 3.17. The smallest absolute Gasteiger partial charge is 0.0835 e. The SMILES string of the molecule is CCC(C)(C)C1CCC(Nc2ccc(Br)c(Cl)c2Cl)CC1. The van der Waals surface area contributed by atoms with Crippen molar-refractivity contribution in [1.82, 2.24) is 0 Å². The third-order valence-corrected chi connectivity index (χ3v) is 6.91. The molecule has 1 N–H and O–H groups in total. The Morgan fingerprint density at radius 2 is 1.76 bits per heavy atom. The summed E-state index contributed by atoms with van der Waals surface area (Å²) in [5.41, 5.74) is 1.41. The van der Waals surface area contributed by atoms with Crippen molar-refractivity contribution in [2.75, 3.05) is 5.32 Å². The summed E-state index contributed by atoms with van der Waals surface area (Å²) >= 11 is 15.9. The van der Waals surface area contributed by atoms with Gasteiger partial charge in [0.25, 0.3) is 0 Å². The highest BCUT2D eigenvalue weighted by molar-refractivity contribution is 9.10. The molecule has 118 valence electrons. The van der Waals surface area contributed by atoms with Gasteiger partial charge in [0.1, 0.15) is 0 Å². The van der Waals surface area contributed by atoms with Crippen LogP contribution >= 0.6 is 39.1 Å². The van der Waals surface area contributed by atoms with Crippen molar-refractivity contribution in [3.8, 4) is 0 Å². The molecule has 0 unspecified atom stereocenters. The van der Waals surface area contributed by atoms with Crippen LogP contribution in [0.3, 0.4) is 0 Å². The van der Waals surface area contributed by atoms with Crippen LogP contribution in [-0.2, 0) is 0 Å². The van der Waals surface area contributed by atoms with Gasteiger partial charge in [-0.1, -0.05) is 50.4 Å². The van der Waals surface area contributed by atoms with E-state index < -0.39 is 0 Å². The minimum absolute atomic E-state index is 0.462. The van der Waals surface area contributed by atoms with Crippen LogP contribution in [0.4, 0.5) is 5.69 Å². The molecule has 1 aliphatic carbocycles. The number of benzene rings is 1. The van der Waals surface area contributed by atoms with Gasteiger partial charge >= 0.3 is 0 Å². The third kappa shape index (κ3) is 4.09. The molecule has 1 fully saturated rings. The Hall–Kier alpha value is 0.0800. The maximum Gasteiger partial charge on any atom is 0.0835 e. The van der Waals surface area contributed by atoms with Crippen LogP contribution in [0.1, 0.15) is 52.9 Å². The summed E-state index contributed by atoms with van der Waals surface area (Å²) in [6.07, 6.45) is 6.25. The topological polar surface area (TPSA) is 12.0 Å². The van der Waals surface area contributed by atoms with E-state index in [4.69, 9.17) is 23.2 Å². The molecule has 4 heteroatoms. The Morgan fingerprint density at radius 1 is 1.14 bits per heavy atom. The van der Waals surface area contributed by atoms with Crippen molar-refractivity contribution in [3.63, 3.8) is 0 Å². The zero-order valence-corrected chi connectivity index (χ0v) is 16.1. The van der Waals surface area contributed by atoms with E-state index in [1.807, 2.05) is 12.1 Å². The molecule has 21 heavy (non-hydrogen) atoms. The van der Waals surface area contributed by atoms with Gasteiger partial charge in [0, 0.05) is 10.5 Å². The summed E-state index contributed by atoms with van der Waals surface area (Å²) in [6.45, 7) is 7.10. The third-order valence-electron chi connectivity index (χ3n) is 5.14. The van der Waals surface area contributed by atoms with Crippen LogP contribution in [0.25, 0.3) is 0 Å². The summed E-state index contributed by atoms with van der Waals surface area (Å²) in [6, 6.07) is 4.45. The van der Waals surface area contributed by atoms with E-state index in [1.165, 1.54) is 32.1 Å². The molecular formula is C17H24BrCl2N. The van der Waals surface area contributed by atoms with Crippen LogP contribution in [0, 0.1) is 11.3 Å². The number of anilines is 1. The summed E-state index contributed by atoms with van der Waals surface area (Å²) in [4.78, 5) is 0. The first-order valence-corrected chi connectivity index (χ1v) is 9.30. The lowest BCUT2D eigenvalue weighted by molar-refractivity contribution is 0.147. The predicted molar refractivity (Wildman–Crippen MR) is 97.6 cm³/mol. The van der Waals surface area contributed by atoms with E-state index in [9.17, 15) is 0 Å². The molecule has 0 aliphatic heterocycles. The minimum Gasteiger partial charge on any atom is -0.381 e. The lowest BCUT2D eigenvalue weighted by Crippen LogP contribution is -2.32. The van der Waals surface area contributed by atoms with Crippen LogP contribution in [-0.4, -0.2) is 6.04 Å². The van der Waals surface area contributed by atoms with Gasteiger partial charge in [-0.05, 0) is 65.1 Å². The summed E-state index contributed by atoms with van der Waals surface area (Å²) in [5.74, 6) is 0.838. The van der Waals surface area contributed by atoms with E-state index in [2.05, 4.69) is 42.0 Å². The summed E-state index contributed by atoms with van der Waals surface area (Å²) in [7, 11) is 0. The van der Waals surface area contributed by atoms with Gasteiger partial charge in [-0.25, -0.2) is 0 Å². The molecule has 0 aromatic heterocycles. The fourth-order valence-corrected chi connectivity index (χ4v) is 3.99. The van der Waals surface area contributed by atoms with Crippen molar-refractivity contribution in [2.24, 2.45) is 11.3 Å². The standard InChI is InChI=1S/C17H24BrCl2N/c1-4-17(2,3)11-5-7-12(8-6-11)21-14-10-9-13(18)15(19)16(14)20/h9-12,21H,4-8H2,1-3H3. The Morgan fingerprint density at radius 3 is 2.33 bits per heavy atom. The molecule has 0 atom stereocenters. The molecule has 1 aromatic carbocycles. The highest BCUT2D eigenvalue weighted by Crippen LogP contribution is 2.42. The lowest BCUT2D eigenvalue weighted by Gasteiger charge is -2.39. The van der Waals surface area contributed by atoms with Crippen LogP contribution in [0.2, 0.25) is 10.0 Å². The number of rotatable bonds is 4. The predicted octanol–water partition coefficient (Wildman–Crippen LogP) is 7.16. The molecule has 0 saturated heterocycles. The van der Waals surface area contributed by atoms with Gasteiger partial charge < -0.3 is 5.32 Å². The van der Waals surface area contributed by atoms with E-state index >= 15 is 0 Å². The second-order valence-electron chi connectivity index (χ2n) is 6.76. The Balaban J connectivity index is 1.97. The molecule has 0 bridgehead atoms. The molecule has 2 rings (SSSR count). The number of hydrogen-bond donors (Lipinski definition) is 1. The molecule has 1 saturated carbocycles.